The molecule has 1 N–H and O–H groups in total. The summed E-state index contributed by atoms with van der Waals surface area (Å²) in [6, 6.07) is 0. The Labute approximate surface area is 129 Å². The topological polar surface area (TPSA) is 37.8 Å². The second kappa shape index (κ2) is 8.80. The van der Waals surface area contributed by atoms with E-state index in [1.54, 1.807) is 0 Å². The van der Waals surface area contributed by atoms with Crippen molar-refractivity contribution < 1.29 is 0 Å². The molecule has 0 saturated carbocycles. The first-order valence-corrected chi connectivity index (χ1v) is 8.90. The van der Waals surface area contributed by atoms with Gasteiger partial charge < -0.3 is 5.32 Å². The van der Waals surface area contributed by atoms with E-state index in [-0.39, 0.29) is 0 Å². The third-order valence-electron chi connectivity index (χ3n) is 2.55. The number of thioether (sulfide) groups is 1. The van der Waals surface area contributed by atoms with Crippen LogP contribution in [0.15, 0.2) is 4.47 Å². The molecule has 1 heterocycles. The molecule has 0 aromatic carbocycles. The zero-order valence-corrected chi connectivity index (χ0v) is 14.7. The van der Waals surface area contributed by atoms with Gasteiger partial charge in [-0.1, -0.05) is 27.7 Å². The quantitative estimate of drug-likeness (QED) is 0.751. The van der Waals surface area contributed by atoms with Gasteiger partial charge in [-0.3, -0.25) is 0 Å². The van der Waals surface area contributed by atoms with Gasteiger partial charge in [0.2, 0.25) is 0 Å². The summed E-state index contributed by atoms with van der Waals surface area (Å²) in [5, 5.41) is 3.39. The molecule has 1 aromatic heterocycles. The maximum atomic E-state index is 4.70. The molecule has 1 rings (SSSR count). The zero-order chi connectivity index (χ0) is 14.3. The molecule has 108 valence electrons. The number of aromatic nitrogens is 2. The van der Waals surface area contributed by atoms with Crippen molar-refractivity contribution in [1.29, 1.82) is 0 Å². The molecule has 0 aliphatic carbocycles. The van der Waals surface area contributed by atoms with E-state index in [1.165, 1.54) is 0 Å². The van der Waals surface area contributed by atoms with E-state index in [1.807, 2.05) is 11.8 Å². The van der Waals surface area contributed by atoms with E-state index in [0.717, 1.165) is 52.7 Å². The van der Waals surface area contributed by atoms with E-state index in [9.17, 15) is 0 Å². The van der Waals surface area contributed by atoms with Crippen molar-refractivity contribution >= 4 is 33.5 Å². The van der Waals surface area contributed by atoms with Crippen LogP contribution in [0.3, 0.4) is 0 Å². The largest absolute Gasteiger partial charge is 0.369 e. The molecule has 0 atom stereocenters. The fourth-order valence-corrected chi connectivity index (χ4v) is 2.68. The van der Waals surface area contributed by atoms with Crippen LogP contribution in [0.4, 0.5) is 5.82 Å². The summed E-state index contributed by atoms with van der Waals surface area (Å²) in [4.78, 5) is 9.33. The number of hydrogen-bond donors (Lipinski definition) is 1. The molecule has 5 heteroatoms. The van der Waals surface area contributed by atoms with Gasteiger partial charge in [-0.05, 0) is 40.4 Å². The fraction of sp³-hybridized carbons (Fsp3) is 0.714. The Morgan fingerprint density at radius 3 is 2.58 bits per heavy atom. The van der Waals surface area contributed by atoms with Gasteiger partial charge >= 0.3 is 0 Å². The summed E-state index contributed by atoms with van der Waals surface area (Å²) in [5.74, 6) is 4.45. The molecule has 0 unspecified atom stereocenters. The second-order valence-electron chi connectivity index (χ2n) is 4.91. The van der Waals surface area contributed by atoms with Crippen molar-refractivity contribution in [3.05, 3.63) is 16.0 Å². The Morgan fingerprint density at radius 1 is 1.26 bits per heavy atom. The van der Waals surface area contributed by atoms with Crippen LogP contribution in [0.25, 0.3) is 0 Å². The molecule has 0 bridgehead atoms. The lowest BCUT2D eigenvalue weighted by Crippen LogP contribution is -2.10. The molecule has 0 saturated heterocycles. The van der Waals surface area contributed by atoms with Gasteiger partial charge in [0.05, 0.1) is 15.9 Å². The lowest BCUT2D eigenvalue weighted by Gasteiger charge is -2.13. The van der Waals surface area contributed by atoms with E-state index >= 15 is 0 Å². The van der Waals surface area contributed by atoms with Crippen LogP contribution in [0.2, 0.25) is 0 Å². The SMILES string of the molecule is CCCNc1nc(CSCC)nc(CC(C)C)c1Br. The van der Waals surface area contributed by atoms with Crippen LogP contribution < -0.4 is 5.32 Å². The molecule has 19 heavy (non-hydrogen) atoms. The minimum atomic E-state index is 0.594. The van der Waals surface area contributed by atoms with Crippen LogP contribution in [0.5, 0.6) is 0 Å². The van der Waals surface area contributed by atoms with Crippen molar-refractivity contribution in [3.63, 3.8) is 0 Å². The van der Waals surface area contributed by atoms with Gasteiger partial charge in [0.25, 0.3) is 0 Å². The van der Waals surface area contributed by atoms with E-state index in [4.69, 9.17) is 4.98 Å². The first-order valence-electron chi connectivity index (χ1n) is 6.95. The predicted octanol–water partition coefficient (Wildman–Crippen LogP) is 4.51. The average molecular weight is 346 g/mol. The second-order valence-corrected chi connectivity index (χ2v) is 6.98. The van der Waals surface area contributed by atoms with Gasteiger partial charge in [0.15, 0.2) is 0 Å². The van der Waals surface area contributed by atoms with E-state index in [0.29, 0.717) is 5.92 Å². The average Bonchev–Trinajstić information content (AvgIpc) is 2.37. The summed E-state index contributed by atoms with van der Waals surface area (Å²) < 4.78 is 1.03. The summed E-state index contributed by atoms with van der Waals surface area (Å²) in [6.45, 7) is 9.69. The smallest absolute Gasteiger partial charge is 0.144 e. The highest BCUT2D eigenvalue weighted by atomic mass is 79.9. The van der Waals surface area contributed by atoms with Crippen LogP contribution in [-0.2, 0) is 12.2 Å². The lowest BCUT2D eigenvalue weighted by atomic mass is 10.1. The maximum absolute atomic E-state index is 4.70. The molecule has 0 spiro atoms. The molecule has 3 nitrogen and oxygen atoms in total. The molecular formula is C14H24BrN3S. The summed E-state index contributed by atoms with van der Waals surface area (Å²) in [6.07, 6.45) is 2.07. The first kappa shape index (κ1) is 16.8. The van der Waals surface area contributed by atoms with Crippen molar-refractivity contribution in [2.45, 2.75) is 46.3 Å². The first-order chi connectivity index (χ1) is 9.08. The molecule has 0 aliphatic heterocycles. The molecule has 0 radical (unpaired) electrons. The summed E-state index contributed by atoms with van der Waals surface area (Å²) in [7, 11) is 0. The van der Waals surface area contributed by atoms with Crippen LogP contribution in [0.1, 0.15) is 45.6 Å². The number of anilines is 1. The van der Waals surface area contributed by atoms with Gasteiger partial charge in [-0.25, -0.2) is 9.97 Å². The fourth-order valence-electron chi connectivity index (χ4n) is 1.69. The van der Waals surface area contributed by atoms with E-state index < -0.39 is 0 Å². The standard InChI is InChI=1S/C14H24BrN3S/c1-5-7-16-14-13(15)11(8-10(3)4)17-12(18-14)9-19-6-2/h10H,5-9H2,1-4H3,(H,16,17,18). The highest BCUT2D eigenvalue weighted by molar-refractivity contribution is 9.10. The van der Waals surface area contributed by atoms with Crippen molar-refractivity contribution in [2.75, 3.05) is 17.6 Å². The summed E-state index contributed by atoms with van der Waals surface area (Å²) in [5.41, 5.74) is 1.12. The Morgan fingerprint density at radius 2 is 2.00 bits per heavy atom. The number of halogens is 1. The van der Waals surface area contributed by atoms with Crippen LogP contribution in [-0.4, -0.2) is 22.3 Å². The van der Waals surface area contributed by atoms with Crippen molar-refractivity contribution in [2.24, 2.45) is 5.92 Å². The predicted molar refractivity (Wildman–Crippen MR) is 88.9 cm³/mol. The number of nitrogens with one attached hydrogen (secondary N) is 1. The number of hydrogen-bond acceptors (Lipinski definition) is 4. The highest BCUT2D eigenvalue weighted by Gasteiger charge is 2.13. The minimum absolute atomic E-state index is 0.594. The molecular weight excluding hydrogens is 322 g/mol. The maximum Gasteiger partial charge on any atom is 0.144 e. The van der Waals surface area contributed by atoms with Crippen molar-refractivity contribution in [3.8, 4) is 0 Å². The Balaban J connectivity index is 2.99. The van der Waals surface area contributed by atoms with E-state index in [2.05, 4.69) is 53.9 Å². The van der Waals surface area contributed by atoms with Crippen LogP contribution >= 0.6 is 27.7 Å². The van der Waals surface area contributed by atoms with Crippen molar-refractivity contribution in [1.82, 2.24) is 9.97 Å². The molecule has 0 fully saturated rings. The van der Waals surface area contributed by atoms with Gasteiger partial charge in [-0.2, -0.15) is 11.8 Å². The van der Waals surface area contributed by atoms with Gasteiger partial charge in [-0.15, -0.1) is 0 Å². The van der Waals surface area contributed by atoms with Crippen LogP contribution in [0, 0.1) is 5.92 Å². The van der Waals surface area contributed by atoms with Gasteiger partial charge in [0, 0.05) is 6.54 Å². The Hall–Kier alpha value is -0.290. The molecule has 1 aromatic rings. The summed E-state index contributed by atoms with van der Waals surface area (Å²) >= 11 is 5.51. The highest BCUT2D eigenvalue weighted by Crippen LogP contribution is 2.26. The minimum Gasteiger partial charge on any atom is -0.369 e. The lowest BCUT2D eigenvalue weighted by molar-refractivity contribution is 0.629. The molecule has 0 amide bonds. The third kappa shape index (κ3) is 5.69. The normalized spacial score (nSPS) is 11.1. The monoisotopic (exact) mass is 345 g/mol. The van der Waals surface area contributed by atoms with Gasteiger partial charge in [0.1, 0.15) is 11.6 Å². The Kier molecular flexibility index (Phi) is 7.76. The molecule has 0 aliphatic rings. The number of nitrogens with zero attached hydrogens (tertiary/aromatic N) is 2. The zero-order valence-electron chi connectivity index (χ0n) is 12.3. The third-order valence-corrected chi connectivity index (χ3v) is 4.25. The number of rotatable bonds is 8. The Bertz CT molecular complexity index is 397.